The van der Waals surface area contributed by atoms with Crippen molar-refractivity contribution in [3.63, 3.8) is 0 Å². The Morgan fingerprint density at radius 3 is 2.39 bits per heavy atom. The zero-order valence-corrected chi connectivity index (χ0v) is 15.0. The van der Waals surface area contributed by atoms with Gasteiger partial charge >= 0.3 is 0 Å². The minimum absolute atomic E-state index is 0.147. The van der Waals surface area contributed by atoms with Crippen LogP contribution < -0.4 is 5.73 Å². The summed E-state index contributed by atoms with van der Waals surface area (Å²) in [5.41, 5.74) is 10.2. The SMILES string of the molecule is CC(C)(C)c1ccc(-c2cnc(-c3cc(Br)cnc3N)[nH]2)cc1. The number of nitrogens with one attached hydrogen (secondary N) is 1. The largest absolute Gasteiger partial charge is 0.383 e. The van der Waals surface area contributed by atoms with Gasteiger partial charge in [0.15, 0.2) is 0 Å². The minimum atomic E-state index is 0.147. The van der Waals surface area contributed by atoms with Crippen LogP contribution in [0.25, 0.3) is 22.6 Å². The summed E-state index contributed by atoms with van der Waals surface area (Å²) in [7, 11) is 0. The number of imidazole rings is 1. The van der Waals surface area contributed by atoms with E-state index in [1.807, 2.05) is 12.3 Å². The number of aromatic amines is 1. The Labute approximate surface area is 144 Å². The first-order valence-electron chi connectivity index (χ1n) is 7.42. The number of aromatic nitrogens is 3. The van der Waals surface area contributed by atoms with E-state index in [0.717, 1.165) is 21.3 Å². The summed E-state index contributed by atoms with van der Waals surface area (Å²) in [6.45, 7) is 6.62. The van der Waals surface area contributed by atoms with Crippen LogP contribution in [-0.4, -0.2) is 15.0 Å². The number of halogens is 1. The van der Waals surface area contributed by atoms with Crippen molar-refractivity contribution in [2.75, 3.05) is 5.73 Å². The van der Waals surface area contributed by atoms with Crippen LogP contribution in [0.1, 0.15) is 26.3 Å². The smallest absolute Gasteiger partial charge is 0.141 e. The predicted octanol–water partition coefficient (Wildman–Crippen LogP) is 4.78. The molecule has 1 aromatic carbocycles. The van der Waals surface area contributed by atoms with E-state index >= 15 is 0 Å². The Hall–Kier alpha value is -2.14. The summed E-state index contributed by atoms with van der Waals surface area (Å²) >= 11 is 3.41. The van der Waals surface area contributed by atoms with E-state index in [2.05, 4.69) is 75.9 Å². The summed E-state index contributed by atoms with van der Waals surface area (Å²) < 4.78 is 0.870. The molecule has 0 unspecified atom stereocenters. The molecular formula is C18H19BrN4. The highest BCUT2D eigenvalue weighted by molar-refractivity contribution is 9.10. The number of hydrogen-bond acceptors (Lipinski definition) is 3. The monoisotopic (exact) mass is 370 g/mol. The molecule has 5 heteroatoms. The maximum absolute atomic E-state index is 5.95. The van der Waals surface area contributed by atoms with Crippen molar-refractivity contribution in [1.82, 2.24) is 15.0 Å². The number of nitrogen functional groups attached to an aromatic ring is 1. The number of anilines is 1. The van der Waals surface area contributed by atoms with Gasteiger partial charge < -0.3 is 10.7 Å². The van der Waals surface area contributed by atoms with Crippen LogP contribution in [0.15, 0.2) is 47.2 Å². The molecule has 0 fully saturated rings. The van der Waals surface area contributed by atoms with E-state index in [-0.39, 0.29) is 5.41 Å². The number of rotatable bonds is 2. The van der Waals surface area contributed by atoms with Crippen LogP contribution in [-0.2, 0) is 5.41 Å². The summed E-state index contributed by atoms with van der Waals surface area (Å²) in [6, 6.07) is 10.4. The molecule has 0 aliphatic rings. The number of H-pyrrole nitrogens is 1. The molecule has 2 heterocycles. The molecule has 0 amide bonds. The van der Waals surface area contributed by atoms with Gasteiger partial charge in [0, 0.05) is 10.7 Å². The van der Waals surface area contributed by atoms with E-state index in [0.29, 0.717) is 11.6 Å². The van der Waals surface area contributed by atoms with Gasteiger partial charge in [-0.25, -0.2) is 9.97 Å². The molecule has 0 bridgehead atoms. The molecule has 3 N–H and O–H groups in total. The van der Waals surface area contributed by atoms with Crippen LogP contribution in [0.2, 0.25) is 0 Å². The number of pyridine rings is 1. The molecule has 23 heavy (non-hydrogen) atoms. The molecule has 0 aliphatic heterocycles. The van der Waals surface area contributed by atoms with Crippen molar-refractivity contribution in [3.05, 3.63) is 52.8 Å². The topological polar surface area (TPSA) is 67.6 Å². The molecule has 118 valence electrons. The summed E-state index contributed by atoms with van der Waals surface area (Å²) in [6.07, 6.45) is 3.50. The average Bonchev–Trinajstić information content (AvgIpc) is 2.99. The minimum Gasteiger partial charge on any atom is -0.383 e. The van der Waals surface area contributed by atoms with Crippen LogP contribution >= 0.6 is 15.9 Å². The van der Waals surface area contributed by atoms with Gasteiger partial charge in [0.05, 0.1) is 17.5 Å². The second kappa shape index (κ2) is 5.81. The normalized spacial score (nSPS) is 11.7. The lowest BCUT2D eigenvalue weighted by Crippen LogP contribution is -2.10. The van der Waals surface area contributed by atoms with Crippen LogP contribution in [0, 0.1) is 0 Å². The zero-order chi connectivity index (χ0) is 16.6. The highest BCUT2D eigenvalue weighted by atomic mass is 79.9. The quantitative estimate of drug-likeness (QED) is 0.681. The molecule has 0 aliphatic carbocycles. The Balaban J connectivity index is 1.94. The van der Waals surface area contributed by atoms with Crippen LogP contribution in [0.3, 0.4) is 0 Å². The first-order chi connectivity index (χ1) is 10.8. The number of hydrogen-bond donors (Lipinski definition) is 2. The molecule has 0 saturated heterocycles. The lowest BCUT2D eigenvalue weighted by atomic mass is 9.86. The zero-order valence-electron chi connectivity index (χ0n) is 13.4. The Bertz CT molecular complexity index is 829. The fraction of sp³-hybridized carbons (Fsp3) is 0.222. The summed E-state index contributed by atoms with van der Waals surface area (Å²) in [5.74, 6) is 1.17. The maximum atomic E-state index is 5.95. The van der Waals surface area contributed by atoms with E-state index < -0.39 is 0 Å². The van der Waals surface area contributed by atoms with E-state index in [9.17, 15) is 0 Å². The fourth-order valence-electron chi connectivity index (χ4n) is 2.39. The Morgan fingerprint density at radius 2 is 1.74 bits per heavy atom. The molecule has 2 aromatic heterocycles. The third-order valence-electron chi connectivity index (χ3n) is 3.78. The maximum Gasteiger partial charge on any atom is 0.141 e. The summed E-state index contributed by atoms with van der Waals surface area (Å²) in [4.78, 5) is 11.9. The third kappa shape index (κ3) is 3.29. The first-order valence-corrected chi connectivity index (χ1v) is 8.21. The molecule has 4 nitrogen and oxygen atoms in total. The van der Waals surface area contributed by atoms with Crippen molar-refractivity contribution >= 4 is 21.7 Å². The lowest BCUT2D eigenvalue weighted by molar-refractivity contribution is 0.590. The molecular weight excluding hydrogens is 352 g/mol. The number of benzene rings is 1. The molecule has 0 saturated carbocycles. The summed E-state index contributed by atoms with van der Waals surface area (Å²) in [5, 5.41) is 0. The van der Waals surface area contributed by atoms with Crippen molar-refractivity contribution in [1.29, 1.82) is 0 Å². The van der Waals surface area contributed by atoms with E-state index in [1.165, 1.54) is 5.56 Å². The van der Waals surface area contributed by atoms with Crippen molar-refractivity contribution in [2.45, 2.75) is 26.2 Å². The van der Waals surface area contributed by atoms with Gasteiger partial charge in [-0.2, -0.15) is 0 Å². The van der Waals surface area contributed by atoms with Gasteiger partial charge in [0.25, 0.3) is 0 Å². The van der Waals surface area contributed by atoms with E-state index in [4.69, 9.17) is 5.73 Å². The highest BCUT2D eigenvalue weighted by Crippen LogP contribution is 2.29. The molecule has 3 rings (SSSR count). The van der Waals surface area contributed by atoms with E-state index in [1.54, 1.807) is 6.20 Å². The fourth-order valence-corrected chi connectivity index (χ4v) is 2.73. The van der Waals surface area contributed by atoms with Gasteiger partial charge in [-0.15, -0.1) is 0 Å². The Kier molecular flexibility index (Phi) is 3.98. The second-order valence-electron chi connectivity index (χ2n) is 6.56. The third-order valence-corrected chi connectivity index (χ3v) is 4.21. The predicted molar refractivity (Wildman–Crippen MR) is 98.1 cm³/mol. The Morgan fingerprint density at radius 1 is 1.04 bits per heavy atom. The number of nitrogens with zero attached hydrogens (tertiary/aromatic N) is 2. The van der Waals surface area contributed by atoms with Gasteiger partial charge in [-0.05, 0) is 38.5 Å². The highest BCUT2D eigenvalue weighted by Gasteiger charge is 2.14. The van der Waals surface area contributed by atoms with Crippen molar-refractivity contribution in [2.24, 2.45) is 0 Å². The van der Waals surface area contributed by atoms with Gasteiger partial charge in [-0.3, -0.25) is 0 Å². The number of nitrogens with two attached hydrogens (primary N) is 1. The lowest BCUT2D eigenvalue weighted by Gasteiger charge is -2.18. The first kappa shape index (κ1) is 15.7. The molecule has 0 atom stereocenters. The molecule has 3 aromatic rings. The van der Waals surface area contributed by atoms with Crippen LogP contribution in [0.4, 0.5) is 5.82 Å². The standard InChI is InChI=1S/C18H19BrN4/c1-18(2,3)12-6-4-11(5-7-12)15-10-22-17(23-15)14-8-13(19)9-21-16(14)20/h4-10H,1-3H3,(H2,20,21)(H,22,23). The average molecular weight is 371 g/mol. The molecule has 0 spiro atoms. The van der Waals surface area contributed by atoms with Gasteiger partial charge in [-0.1, -0.05) is 45.0 Å². The van der Waals surface area contributed by atoms with Crippen LogP contribution in [0.5, 0.6) is 0 Å². The van der Waals surface area contributed by atoms with Gasteiger partial charge in [0.1, 0.15) is 11.6 Å². The van der Waals surface area contributed by atoms with Crippen molar-refractivity contribution in [3.8, 4) is 22.6 Å². The van der Waals surface area contributed by atoms with Gasteiger partial charge in [0.2, 0.25) is 0 Å². The van der Waals surface area contributed by atoms with Crippen molar-refractivity contribution < 1.29 is 0 Å². The second-order valence-corrected chi connectivity index (χ2v) is 7.47. The molecule has 0 radical (unpaired) electrons.